The van der Waals surface area contributed by atoms with Crippen molar-refractivity contribution in [3.8, 4) is 11.4 Å². The van der Waals surface area contributed by atoms with E-state index >= 15 is 0 Å². The lowest BCUT2D eigenvalue weighted by Crippen LogP contribution is -1.82. The van der Waals surface area contributed by atoms with Crippen molar-refractivity contribution in [1.82, 2.24) is 25.6 Å². The second-order valence-corrected chi connectivity index (χ2v) is 2.49. The zero-order chi connectivity index (χ0) is 8.39. The number of hydrogen-bond donors (Lipinski definition) is 1. The number of halogens is 2. The summed E-state index contributed by atoms with van der Waals surface area (Å²) in [6, 6.07) is 3.45. The van der Waals surface area contributed by atoms with E-state index in [2.05, 4.69) is 25.6 Å². The van der Waals surface area contributed by atoms with Crippen LogP contribution in [-0.4, -0.2) is 25.6 Å². The van der Waals surface area contributed by atoms with Crippen LogP contribution in [-0.2, 0) is 0 Å². The molecule has 0 aliphatic rings. The number of hydrogen-bond acceptors (Lipinski definition) is 4. The van der Waals surface area contributed by atoms with Crippen LogP contribution in [0.1, 0.15) is 0 Å². The van der Waals surface area contributed by atoms with Gasteiger partial charge in [0.2, 0.25) is 5.82 Å². The third kappa shape index (κ3) is 2.13. The van der Waals surface area contributed by atoms with E-state index in [1.165, 1.54) is 0 Å². The Morgan fingerprint density at radius 2 is 2.15 bits per heavy atom. The maximum Gasteiger partial charge on any atom is 0.206 e. The van der Waals surface area contributed by atoms with E-state index in [0.29, 0.717) is 11.0 Å². The Morgan fingerprint density at radius 3 is 2.69 bits per heavy atom. The molecule has 0 aromatic carbocycles. The quantitative estimate of drug-likeness (QED) is 0.733. The fourth-order valence-corrected chi connectivity index (χ4v) is 0.904. The first kappa shape index (κ1) is 9.88. The van der Waals surface area contributed by atoms with Gasteiger partial charge < -0.3 is 0 Å². The molecule has 0 atom stereocenters. The number of tetrazole rings is 1. The smallest absolute Gasteiger partial charge is 0.206 e. The van der Waals surface area contributed by atoms with Crippen LogP contribution < -0.4 is 0 Å². The van der Waals surface area contributed by atoms with E-state index in [1.807, 2.05) is 0 Å². The van der Waals surface area contributed by atoms with Gasteiger partial charge in [0, 0.05) is 11.8 Å². The molecule has 0 spiro atoms. The van der Waals surface area contributed by atoms with E-state index in [4.69, 9.17) is 11.6 Å². The summed E-state index contributed by atoms with van der Waals surface area (Å²) in [7, 11) is 0. The predicted octanol–water partition coefficient (Wildman–Crippen LogP) is 1.34. The molecular weight excluding hydrogens is 213 g/mol. The summed E-state index contributed by atoms with van der Waals surface area (Å²) in [6.07, 6.45) is 1.59. The number of nitrogens with zero attached hydrogens (tertiary/aromatic N) is 4. The van der Waals surface area contributed by atoms with Crippen LogP contribution >= 0.6 is 24.0 Å². The van der Waals surface area contributed by atoms with Gasteiger partial charge in [0.05, 0.1) is 0 Å². The summed E-state index contributed by atoms with van der Waals surface area (Å²) in [5.41, 5.74) is 0.785. The molecule has 2 rings (SSSR count). The van der Waals surface area contributed by atoms with Crippen LogP contribution in [0.3, 0.4) is 0 Å². The van der Waals surface area contributed by atoms with E-state index in [-0.39, 0.29) is 12.4 Å². The average Bonchev–Trinajstić information content (AvgIpc) is 2.58. The van der Waals surface area contributed by atoms with Crippen LogP contribution in [0.4, 0.5) is 0 Å². The summed E-state index contributed by atoms with van der Waals surface area (Å²) < 4.78 is 0. The minimum absolute atomic E-state index is 0. The van der Waals surface area contributed by atoms with Crippen LogP contribution in [0.25, 0.3) is 11.4 Å². The third-order valence-electron chi connectivity index (χ3n) is 1.33. The molecule has 0 fully saturated rings. The van der Waals surface area contributed by atoms with Crippen LogP contribution in [0.2, 0.25) is 5.15 Å². The zero-order valence-corrected chi connectivity index (χ0v) is 7.88. The second-order valence-electron chi connectivity index (χ2n) is 2.11. The number of H-pyrrole nitrogens is 1. The second kappa shape index (κ2) is 4.15. The number of nitrogens with one attached hydrogen (secondary N) is 1. The molecular formula is C6H5Cl2N5. The summed E-state index contributed by atoms with van der Waals surface area (Å²) in [5, 5.41) is 13.8. The molecule has 7 heteroatoms. The zero-order valence-electron chi connectivity index (χ0n) is 6.31. The van der Waals surface area contributed by atoms with Gasteiger partial charge in [-0.2, -0.15) is 5.21 Å². The molecule has 0 amide bonds. The van der Waals surface area contributed by atoms with Crippen molar-refractivity contribution in [2.75, 3.05) is 0 Å². The minimum atomic E-state index is 0. The van der Waals surface area contributed by atoms with Crippen LogP contribution in [0, 0.1) is 0 Å². The molecule has 0 bridgehead atoms. The topological polar surface area (TPSA) is 67.3 Å². The Balaban J connectivity index is 0.000000845. The summed E-state index contributed by atoms with van der Waals surface area (Å²) >= 11 is 5.60. The van der Waals surface area contributed by atoms with Gasteiger partial charge in [0.25, 0.3) is 0 Å². The third-order valence-corrected chi connectivity index (χ3v) is 1.55. The Labute approximate surface area is 84.9 Å². The van der Waals surface area contributed by atoms with Crippen molar-refractivity contribution in [3.05, 3.63) is 23.5 Å². The van der Waals surface area contributed by atoms with Gasteiger partial charge in [-0.3, -0.25) is 0 Å². The summed E-state index contributed by atoms with van der Waals surface area (Å²) in [4.78, 5) is 3.88. The molecule has 0 unspecified atom stereocenters. The molecule has 0 aliphatic heterocycles. The molecule has 0 radical (unpaired) electrons. The van der Waals surface area contributed by atoms with Crippen LogP contribution in [0.15, 0.2) is 18.3 Å². The van der Waals surface area contributed by atoms with Gasteiger partial charge >= 0.3 is 0 Å². The van der Waals surface area contributed by atoms with E-state index in [1.54, 1.807) is 18.3 Å². The Morgan fingerprint density at radius 1 is 1.31 bits per heavy atom. The molecule has 68 valence electrons. The first-order valence-corrected chi connectivity index (χ1v) is 3.59. The van der Waals surface area contributed by atoms with Gasteiger partial charge in [-0.1, -0.05) is 11.6 Å². The Bertz CT molecular complexity index is 357. The highest BCUT2D eigenvalue weighted by Gasteiger charge is 2.01. The first-order chi connectivity index (χ1) is 5.86. The predicted molar refractivity (Wildman–Crippen MR) is 49.7 cm³/mol. The first-order valence-electron chi connectivity index (χ1n) is 3.21. The van der Waals surface area contributed by atoms with Crippen molar-refractivity contribution in [1.29, 1.82) is 0 Å². The average molecular weight is 218 g/mol. The van der Waals surface area contributed by atoms with Crippen molar-refractivity contribution in [3.63, 3.8) is 0 Å². The highest BCUT2D eigenvalue weighted by Crippen LogP contribution is 2.13. The van der Waals surface area contributed by atoms with Gasteiger partial charge in [-0.15, -0.1) is 22.6 Å². The maximum atomic E-state index is 5.60. The van der Waals surface area contributed by atoms with E-state index in [9.17, 15) is 0 Å². The van der Waals surface area contributed by atoms with Gasteiger partial charge in [-0.25, -0.2) is 4.98 Å². The van der Waals surface area contributed by atoms with Crippen LogP contribution in [0.5, 0.6) is 0 Å². The van der Waals surface area contributed by atoms with Crippen molar-refractivity contribution in [2.45, 2.75) is 0 Å². The largest absolute Gasteiger partial charge is 0.244 e. The fourth-order valence-electron chi connectivity index (χ4n) is 0.792. The molecule has 2 aromatic rings. The van der Waals surface area contributed by atoms with E-state index < -0.39 is 0 Å². The lowest BCUT2D eigenvalue weighted by atomic mass is 10.3. The lowest BCUT2D eigenvalue weighted by Gasteiger charge is -1.91. The molecule has 1 N–H and O–H groups in total. The standard InChI is InChI=1S/C6H4ClN5.ClH/c7-5-2-1-4(3-8-5)6-9-11-12-10-6;/h1-3H,(H,9,10,11,12);1H. The number of pyridine rings is 1. The Kier molecular flexibility index (Phi) is 3.16. The molecule has 2 heterocycles. The highest BCUT2D eigenvalue weighted by molar-refractivity contribution is 6.29. The lowest BCUT2D eigenvalue weighted by molar-refractivity contribution is 0.881. The summed E-state index contributed by atoms with van der Waals surface area (Å²) in [6.45, 7) is 0. The Hall–Kier alpha value is -1.20. The fraction of sp³-hybridized carbons (Fsp3) is 0. The minimum Gasteiger partial charge on any atom is -0.244 e. The van der Waals surface area contributed by atoms with Gasteiger partial charge in [-0.05, 0) is 17.3 Å². The SMILES string of the molecule is Cl.Clc1ccc(-c2nn[nH]n2)cn1. The highest BCUT2D eigenvalue weighted by atomic mass is 35.5. The van der Waals surface area contributed by atoms with Crippen molar-refractivity contribution < 1.29 is 0 Å². The van der Waals surface area contributed by atoms with E-state index in [0.717, 1.165) is 5.56 Å². The molecule has 0 saturated heterocycles. The monoisotopic (exact) mass is 217 g/mol. The number of rotatable bonds is 1. The normalized spacial score (nSPS) is 9.31. The van der Waals surface area contributed by atoms with Crippen molar-refractivity contribution in [2.24, 2.45) is 0 Å². The summed E-state index contributed by atoms with van der Waals surface area (Å²) in [5.74, 6) is 0.513. The van der Waals surface area contributed by atoms with Crippen molar-refractivity contribution >= 4 is 24.0 Å². The van der Waals surface area contributed by atoms with Gasteiger partial charge in [0.15, 0.2) is 0 Å². The number of aromatic amines is 1. The molecule has 13 heavy (non-hydrogen) atoms. The maximum absolute atomic E-state index is 5.60. The van der Waals surface area contributed by atoms with Gasteiger partial charge in [0.1, 0.15) is 5.15 Å². The molecule has 5 nitrogen and oxygen atoms in total. The number of aromatic nitrogens is 5. The molecule has 2 aromatic heterocycles. The molecule has 0 aliphatic carbocycles. The molecule has 0 saturated carbocycles.